The molecule has 1 aromatic heterocycles. The summed E-state index contributed by atoms with van der Waals surface area (Å²) in [5.74, 6) is -0.145. The van der Waals surface area contributed by atoms with E-state index in [-0.39, 0.29) is 17.9 Å². The molecule has 2 rings (SSSR count). The summed E-state index contributed by atoms with van der Waals surface area (Å²) in [6.07, 6.45) is 1.89. The molecular weight excluding hydrogens is 230 g/mol. The fraction of sp³-hybridized carbons (Fsp3) is 0.462. The summed E-state index contributed by atoms with van der Waals surface area (Å²) < 4.78 is 0. The van der Waals surface area contributed by atoms with Gasteiger partial charge in [0.25, 0.3) is 5.91 Å². The molecule has 0 saturated carbocycles. The van der Waals surface area contributed by atoms with Gasteiger partial charge in [-0.3, -0.25) is 9.59 Å². The van der Waals surface area contributed by atoms with Crippen molar-refractivity contribution >= 4 is 11.8 Å². The first-order valence-electron chi connectivity index (χ1n) is 6.09. The van der Waals surface area contributed by atoms with Gasteiger partial charge in [0.1, 0.15) is 5.69 Å². The van der Waals surface area contributed by atoms with E-state index in [1.165, 1.54) is 0 Å². The van der Waals surface area contributed by atoms with Gasteiger partial charge < -0.3 is 10.2 Å². The molecule has 2 amide bonds. The zero-order chi connectivity index (χ0) is 13.1. The Kier molecular flexibility index (Phi) is 3.60. The summed E-state index contributed by atoms with van der Waals surface area (Å²) in [6.45, 7) is 2.34. The van der Waals surface area contributed by atoms with E-state index in [4.69, 9.17) is 0 Å². The van der Waals surface area contributed by atoms with Gasteiger partial charge in [-0.25, -0.2) is 4.98 Å². The lowest BCUT2D eigenvalue weighted by Gasteiger charge is -2.22. The first-order chi connectivity index (χ1) is 8.63. The third kappa shape index (κ3) is 2.34. The van der Waals surface area contributed by atoms with E-state index in [9.17, 15) is 9.59 Å². The maximum Gasteiger partial charge on any atom is 0.269 e. The van der Waals surface area contributed by atoms with Crippen molar-refractivity contribution in [1.29, 1.82) is 0 Å². The molecule has 2 heterocycles. The maximum atomic E-state index is 11.5. The minimum atomic E-state index is -0.204. The number of amides is 2. The second-order valence-electron chi connectivity index (χ2n) is 4.40. The summed E-state index contributed by atoms with van der Waals surface area (Å²) in [5.41, 5.74) is 1.19. The number of pyridine rings is 1. The maximum absolute atomic E-state index is 11.5. The number of hydrogen-bond acceptors (Lipinski definition) is 3. The molecule has 18 heavy (non-hydrogen) atoms. The van der Waals surface area contributed by atoms with Crippen molar-refractivity contribution in [2.75, 3.05) is 13.6 Å². The molecular formula is C13H17N3O2. The quantitative estimate of drug-likeness (QED) is 0.852. The van der Waals surface area contributed by atoms with Gasteiger partial charge in [-0.1, -0.05) is 6.07 Å². The Morgan fingerprint density at radius 2 is 2.22 bits per heavy atom. The molecule has 0 aromatic carbocycles. The lowest BCUT2D eigenvalue weighted by atomic mass is 10.1. The molecule has 0 aliphatic carbocycles. The predicted octanol–water partition coefficient (Wildman–Crippen LogP) is 1.12. The van der Waals surface area contributed by atoms with Gasteiger partial charge in [-0.15, -0.1) is 0 Å². The van der Waals surface area contributed by atoms with E-state index in [1.54, 1.807) is 20.0 Å². The van der Waals surface area contributed by atoms with Crippen LogP contribution in [0.4, 0.5) is 0 Å². The van der Waals surface area contributed by atoms with Crippen LogP contribution in [0.15, 0.2) is 18.2 Å². The summed E-state index contributed by atoms with van der Waals surface area (Å²) in [6, 6.07) is 5.37. The van der Waals surface area contributed by atoms with Crippen molar-refractivity contribution in [3.63, 3.8) is 0 Å². The average Bonchev–Trinajstić information content (AvgIpc) is 2.87. The van der Waals surface area contributed by atoms with Gasteiger partial charge in [-0.2, -0.15) is 0 Å². The molecule has 1 aliphatic heterocycles. The molecule has 5 nitrogen and oxygen atoms in total. The largest absolute Gasteiger partial charge is 0.354 e. The molecule has 1 N–H and O–H groups in total. The van der Waals surface area contributed by atoms with Crippen LogP contribution in [-0.2, 0) is 4.79 Å². The Morgan fingerprint density at radius 3 is 2.89 bits per heavy atom. The minimum Gasteiger partial charge on any atom is -0.354 e. The number of nitrogens with zero attached hydrogens (tertiary/aromatic N) is 2. The van der Waals surface area contributed by atoms with Crippen molar-refractivity contribution in [2.45, 2.75) is 25.8 Å². The zero-order valence-electron chi connectivity index (χ0n) is 10.6. The lowest BCUT2D eigenvalue weighted by Crippen LogP contribution is -2.29. The highest BCUT2D eigenvalue weighted by atomic mass is 16.2. The molecule has 1 aromatic rings. The van der Waals surface area contributed by atoms with Gasteiger partial charge in [0.2, 0.25) is 5.91 Å². The van der Waals surface area contributed by atoms with E-state index in [0.29, 0.717) is 5.69 Å². The number of carbonyl (C=O) groups is 2. The van der Waals surface area contributed by atoms with Crippen molar-refractivity contribution in [3.05, 3.63) is 29.6 Å². The lowest BCUT2D eigenvalue weighted by molar-refractivity contribution is -0.129. The third-order valence-electron chi connectivity index (χ3n) is 3.23. The number of aromatic nitrogens is 1. The van der Waals surface area contributed by atoms with Gasteiger partial charge >= 0.3 is 0 Å². The van der Waals surface area contributed by atoms with Crippen molar-refractivity contribution in [2.24, 2.45) is 0 Å². The van der Waals surface area contributed by atoms with Crippen LogP contribution >= 0.6 is 0 Å². The molecule has 1 fully saturated rings. The third-order valence-corrected chi connectivity index (χ3v) is 3.23. The highest BCUT2D eigenvalue weighted by molar-refractivity contribution is 5.92. The highest BCUT2D eigenvalue weighted by Crippen LogP contribution is 2.30. The summed E-state index contributed by atoms with van der Waals surface area (Å²) >= 11 is 0. The molecule has 0 radical (unpaired) electrons. The normalized spacial score (nSPS) is 18.8. The Morgan fingerprint density at radius 1 is 1.44 bits per heavy atom. The Hall–Kier alpha value is -1.91. The molecule has 0 spiro atoms. The van der Waals surface area contributed by atoms with Crippen LogP contribution in [0.3, 0.4) is 0 Å². The van der Waals surface area contributed by atoms with Crippen LogP contribution < -0.4 is 5.32 Å². The van der Waals surface area contributed by atoms with E-state index in [0.717, 1.165) is 25.1 Å². The number of hydrogen-bond donors (Lipinski definition) is 1. The number of nitrogens with one attached hydrogen (secondary N) is 1. The molecule has 1 atom stereocenters. The summed E-state index contributed by atoms with van der Waals surface area (Å²) in [7, 11) is 1.58. The minimum absolute atomic E-state index is 0.00658. The first-order valence-corrected chi connectivity index (χ1v) is 6.09. The smallest absolute Gasteiger partial charge is 0.269 e. The number of likely N-dealkylation sites (tertiary alicyclic amines) is 1. The Balaban J connectivity index is 2.28. The van der Waals surface area contributed by atoms with Crippen molar-refractivity contribution in [3.8, 4) is 0 Å². The van der Waals surface area contributed by atoms with Crippen LogP contribution in [0.5, 0.6) is 0 Å². The number of rotatable bonds is 2. The molecule has 5 heteroatoms. The average molecular weight is 247 g/mol. The van der Waals surface area contributed by atoms with E-state index in [2.05, 4.69) is 10.3 Å². The summed E-state index contributed by atoms with van der Waals surface area (Å²) in [4.78, 5) is 29.2. The van der Waals surface area contributed by atoms with Crippen LogP contribution in [0.2, 0.25) is 0 Å². The second-order valence-corrected chi connectivity index (χ2v) is 4.40. The molecule has 0 unspecified atom stereocenters. The zero-order valence-corrected chi connectivity index (χ0v) is 10.6. The predicted molar refractivity (Wildman–Crippen MR) is 67.0 cm³/mol. The van der Waals surface area contributed by atoms with Crippen LogP contribution in [0, 0.1) is 0 Å². The number of carbonyl (C=O) groups excluding carboxylic acids is 2. The molecule has 1 aliphatic rings. The summed E-state index contributed by atoms with van der Waals surface area (Å²) in [5, 5.41) is 2.55. The SMILES string of the molecule is CNC(=O)c1cccc([C@@H]2CCCN2C(C)=O)n1. The standard InChI is InChI=1S/C13H17N3O2/c1-9(17)16-8-4-7-12(16)10-5-3-6-11(15-10)13(18)14-2/h3,5-6,12H,4,7-8H2,1-2H3,(H,14,18)/t12-/m0/s1. The molecule has 1 saturated heterocycles. The van der Waals surface area contributed by atoms with E-state index >= 15 is 0 Å². The van der Waals surface area contributed by atoms with E-state index in [1.807, 2.05) is 17.0 Å². The van der Waals surface area contributed by atoms with Gasteiger partial charge in [-0.05, 0) is 25.0 Å². The van der Waals surface area contributed by atoms with Crippen LogP contribution in [0.1, 0.15) is 42.0 Å². The van der Waals surface area contributed by atoms with E-state index < -0.39 is 0 Å². The molecule has 0 bridgehead atoms. The Bertz CT molecular complexity index is 473. The second kappa shape index (κ2) is 5.16. The Labute approximate surface area is 106 Å². The topological polar surface area (TPSA) is 62.3 Å². The fourth-order valence-electron chi connectivity index (χ4n) is 2.34. The fourth-order valence-corrected chi connectivity index (χ4v) is 2.34. The van der Waals surface area contributed by atoms with Gasteiger partial charge in [0, 0.05) is 20.5 Å². The first kappa shape index (κ1) is 12.5. The monoisotopic (exact) mass is 247 g/mol. The van der Waals surface area contributed by atoms with Crippen LogP contribution in [0.25, 0.3) is 0 Å². The van der Waals surface area contributed by atoms with Crippen molar-refractivity contribution in [1.82, 2.24) is 15.2 Å². The van der Waals surface area contributed by atoms with Gasteiger partial charge in [0.05, 0.1) is 11.7 Å². The van der Waals surface area contributed by atoms with Crippen LogP contribution in [-0.4, -0.2) is 35.3 Å². The molecule has 96 valence electrons. The highest BCUT2D eigenvalue weighted by Gasteiger charge is 2.29. The van der Waals surface area contributed by atoms with Crippen molar-refractivity contribution < 1.29 is 9.59 Å². The van der Waals surface area contributed by atoms with Gasteiger partial charge in [0.15, 0.2) is 0 Å².